The Bertz CT molecular complexity index is 887. The third-order valence-corrected chi connectivity index (χ3v) is 4.32. The number of fused-ring (bicyclic) bond motifs is 1. The Labute approximate surface area is 132 Å². The van der Waals surface area contributed by atoms with E-state index in [1.54, 1.807) is 19.4 Å². The number of pyridine rings is 1. The lowest BCUT2D eigenvalue weighted by Crippen LogP contribution is -2.56. The molecule has 118 valence electrons. The second-order valence-electron chi connectivity index (χ2n) is 5.78. The number of aromatic nitrogens is 2. The Hall–Kier alpha value is -2.44. The van der Waals surface area contributed by atoms with Crippen molar-refractivity contribution in [2.75, 3.05) is 20.2 Å². The van der Waals surface area contributed by atoms with E-state index in [9.17, 15) is 9.50 Å². The molecule has 4 rings (SSSR count). The highest BCUT2D eigenvalue weighted by molar-refractivity contribution is 5.95. The van der Waals surface area contributed by atoms with Crippen LogP contribution in [0.4, 0.5) is 4.39 Å². The number of ether oxygens (including phenoxy) is 1. The molecule has 0 spiro atoms. The molecule has 0 amide bonds. The molecule has 0 radical (unpaired) electrons. The number of halogens is 1. The summed E-state index contributed by atoms with van der Waals surface area (Å²) in [5.41, 5.74) is 1.93. The molecule has 0 saturated carbocycles. The van der Waals surface area contributed by atoms with Crippen LogP contribution in [0.1, 0.15) is 5.69 Å². The molecule has 3 N–H and O–H groups in total. The second kappa shape index (κ2) is 5.04. The Morgan fingerprint density at radius 3 is 2.74 bits per heavy atom. The molecule has 0 atom stereocenters. The highest BCUT2D eigenvalue weighted by Gasteiger charge is 2.37. The molecule has 1 aromatic carbocycles. The SMILES string of the molecule is COc1ccc(F)cc1-c1ccnc2[nH]c(C3(O)CNC3)cc12. The second-order valence-corrected chi connectivity index (χ2v) is 5.78. The fraction of sp³-hybridized carbons (Fsp3) is 0.235. The maximum Gasteiger partial charge on any atom is 0.138 e. The minimum atomic E-state index is -0.899. The van der Waals surface area contributed by atoms with E-state index >= 15 is 0 Å². The number of nitrogens with one attached hydrogen (secondary N) is 2. The summed E-state index contributed by atoms with van der Waals surface area (Å²) in [6.45, 7) is 0.997. The van der Waals surface area contributed by atoms with Crippen LogP contribution in [0.25, 0.3) is 22.2 Å². The van der Waals surface area contributed by atoms with Crippen molar-refractivity contribution in [3.8, 4) is 16.9 Å². The summed E-state index contributed by atoms with van der Waals surface area (Å²) >= 11 is 0. The van der Waals surface area contributed by atoms with Crippen molar-refractivity contribution in [3.05, 3.63) is 48.0 Å². The Morgan fingerprint density at radius 1 is 1.22 bits per heavy atom. The van der Waals surface area contributed by atoms with Crippen molar-refractivity contribution < 1.29 is 14.2 Å². The van der Waals surface area contributed by atoms with Crippen molar-refractivity contribution in [2.45, 2.75) is 5.60 Å². The zero-order valence-electron chi connectivity index (χ0n) is 12.6. The molecule has 2 aromatic heterocycles. The minimum absolute atomic E-state index is 0.330. The van der Waals surface area contributed by atoms with Crippen LogP contribution in [-0.4, -0.2) is 35.3 Å². The number of β-amino-alcohol motifs (C(OH)–C–C–N with tert-alkyl or cyclic N) is 1. The van der Waals surface area contributed by atoms with E-state index in [0.29, 0.717) is 35.7 Å². The molecule has 1 aliphatic heterocycles. The van der Waals surface area contributed by atoms with E-state index in [0.717, 1.165) is 10.9 Å². The summed E-state index contributed by atoms with van der Waals surface area (Å²) in [6, 6.07) is 8.11. The van der Waals surface area contributed by atoms with Gasteiger partial charge in [-0.1, -0.05) is 0 Å². The molecule has 23 heavy (non-hydrogen) atoms. The lowest BCUT2D eigenvalue weighted by atomic mass is 9.93. The van der Waals surface area contributed by atoms with Crippen molar-refractivity contribution in [1.29, 1.82) is 0 Å². The topological polar surface area (TPSA) is 70.2 Å². The van der Waals surface area contributed by atoms with Crippen molar-refractivity contribution in [2.24, 2.45) is 0 Å². The Balaban J connectivity index is 1.92. The standard InChI is InChI=1S/C17H16FN3O2/c1-23-14-3-2-10(18)6-12(14)11-4-5-20-16-13(11)7-15(21-16)17(22)8-19-9-17/h2-7,19,22H,8-9H2,1H3,(H,20,21). The van der Waals surface area contributed by atoms with Gasteiger partial charge in [0.15, 0.2) is 0 Å². The van der Waals surface area contributed by atoms with Gasteiger partial charge in [0.25, 0.3) is 0 Å². The predicted octanol–water partition coefficient (Wildman–Crippen LogP) is 2.17. The van der Waals surface area contributed by atoms with Gasteiger partial charge in [0.1, 0.15) is 22.8 Å². The highest BCUT2D eigenvalue weighted by Crippen LogP contribution is 2.37. The first kappa shape index (κ1) is 14.2. The zero-order valence-corrected chi connectivity index (χ0v) is 12.6. The summed E-state index contributed by atoms with van der Waals surface area (Å²) in [7, 11) is 1.56. The van der Waals surface area contributed by atoms with Gasteiger partial charge in [-0.15, -0.1) is 0 Å². The van der Waals surface area contributed by atoms with Crippen LogP contribution in [0.2, 0.25) is 0 Å². The zero-order chi connectivity index (χ0) is 16.0. The molecule has 6 heteroatoms. The smallest absolute Gasteiger partial charge is 0.138 e. The molecule has 1 saturated heterocycles. The average molecular weight is 313 g/mol. The fourth-order valence-electron chi connectivity index (χ4n) is 2.96. The van der Waals surface area contributed by atoms with Crippen molar-refractivity contribution >= 4 is 11.0 Å². The van der Waals surface area contributed by atoms with Crippen LogP contribution in [0.3, 0.4) is 0 Å². The molecule has 1 fully saturated rings. The van der Waals surface area contributed by atoms with Crippen LogP contribution in [0.5, 0.6) is 5.75 Å². The van der Waals surface area contributed by atoms with Crippen LogP contribution < -0.4 is 10.1 Å². The number of H-pyrrole nitrogens is 1. The third-order valence-electron chi connectivity index (χ3n) is 4.32. The number of aromatic amines is 1. The summed E-state index contributed by atoms with van der Waals surface area (Å²) < 4.78 is 19.1. The Morgan fingerprint density at radius 2 is 2.04 bits per heavy atom. The van der Waals surface area contributed by atoms with E-state index in [4.69, 9.17) is 4.74 Å². The van der Waals surface area contributed by atoms with E-state index < -0.39 is 5.60 Å². The summed E-state index contributed by atoms with van der Waals surface area (Å²) in [4.78, 5) is 7.48. The van der Waals surface area contributed by atoms with E-state index in [2.05, 4.69) is 15.3 Å². The van der Waals surface area contributed by atoms with Gasteiger partial charge in [-0.05, 0) is 35.9 Å². The molecular weight excluding hydrogens is 297 g/mol. The average Bonchev–Trinajstić information content (AvgIpc) is 2.96. The highest BCUT2D eigenvalue weighted by atomic mass is 19.1. The van der Waals surface area contributed by atoms with Gasteiger partial charge in [0, 0.05) is 30.2 Å². The number of methoxy groups -OCH3 is 1. The lowest BCUT2D eigenvalue weighted by Gasteiger charge is -2.36. The van der Waals surface area contributed by atoms with Crippen LogP contribution in [-0.2, 0) is 5.60 Å². The first-order valence-corrected chi connectivity index (χ1v) is 7.36. The number of hydrogen-bond acceptors (Lipinski definition) is 4. The van der Waals surface area contributed by atoms with Crippen molar-refractivity contribution in [1.82, 2.24) is 15.3 Å². The van der Waals surface area contributed by atoms with E-state index in [1.165, 1.54) is 12.1 Å². The first-order valence-electron chi connectivity index (χ1n) is 7.36. The number of benzene rings is 1. The summed E-state index contributed by atoms with van der Waals surface area (Å²) in [5, 5.41) is 14.4. The van der Waals surface area contributed by atoms with Crippen LogP contribution >= 0.6 is 0 Å². The minimum Gasteiger partial charge on any atom is -0.496 e. The number of aliphatic hydroxyl groups is 1. The largest absolute Gasteiger partial charge is 0.496 e. The number of hydrogen-bond donors (Lipinski definition) is 3. The van der Waals surface area contributed by atoms with Gasteiger partial charge in [0.2, 0.25) is 0 Å². The van der Waals surface area contributed by atoms with E-state index in [-0.39, 0.29) is 5.82 Å². The molecule has 0 unspecified atom stereocenters. The molecule has 5 nitrogen and oxygen atoms in total. The lowest BCUT2D eigenvalue weighted by molar-refractivity contribution is -0.0179. The number of nitrogens with zero attached hydrogens (tertiary/aromatic N) is 1. The van der Waals surface area contributed by atoms with Crippen LogP contribution in [0.15, 0.2) is 36.5 Å². The van der Waals surface area contributed by atoms with Gasteiger partial charge in [-0.25, -0.2) is 9.37 Å². The Kier molecular flexibility index (Phi) is 3.11. The fourth-order valence-corrected chi connectivity index (χ4v) is 2.96. The summed E-state index contributed by atoms with van der Waals surface area (Å²) in [5.74, 6) is 0.258. The molecule has 0 bridgehead atoms. The third kappa shape index (κ3) is 2.18. The predicted molar refractivity (Wildman–Crippen MR) is 84.8 cm³/mol. The molecule has 1 aliphatic rings. The van der Waals surface area contributed by atoms with Gasteiger partial charge in [-0.2, -0.15) is 0 Å². The van der Waals surface area contributed by atoms with Gasteiger partial charge < -0.3 is 20.1 Å². The number of rotatable bonds is 3. The molecule has 0 aliphatic carbocycles. The normalized spacial score (nSPS) is 16.3. The monoisotopic (exact) mass is 313 g/mol. The quantitative estimate of drug-likeness (QED) is 0.693. The maximum absolute atomic E-state index is 13.7. The van der Waals surface area contributed by atoms with Gasteiger partial charge in [-0.3, -0.25) is 0 Å². The first-order chi connectivity index (χ1) is 11.1. The summed E-state index contributed by atoms with van der Waals surface area (Å²) in [6.07, 6.45) is 1.66. The van der Waals surface area contributed by atoms with E-state index in [1.807, 2.05) is 12.1 Å². The van der Waals surface area contributed by atoms with Gasteiger partial charge in [0.05, 0.1) is 12.8 Å². The molecule has 3 aromatic rings. The van der Waals surface area contributed by atoms with Gasteiger partial charge >= 0.3 is 0 Å². The molecule has 3 heterocycles. The van der Waals surface area contributed by atoms with Crippen molar-refractivity contribution in [3.63, 3.8) is 0 Å². The van der Waals surface area contributed by atoms with Crippen LogP contribution in [0, 0.1) is 5.82 Å². The molecular formula is C17H16FN3O2. The maximum atomic E-state index is 13.7.